The Balaban J connectivity index is 1.36. The normalized spacial score (nSPS) is 19.8. The number of pyridine rings is 1. The predicted octanol–water partition coefficient (Wildman–Crippen LogP) is 5.20. The molecule has 3 fully saturated rings. The van der Waals surface area contributed by atoms with Crippen molar-refractivity contribution in [2.75, 3.05) is 50.0 Å². The van der Waals surface area contributed by atoms with Crippen molar-refractivity contribution in [1.82, 2.24) is 25.2 Å². The van der Waals surface area contributed by atoms with Crippen LogP contribution in [0.2, 0.25) is 0 Å². The topological polar surface area (TPSA) is 116 Å². The van der Waals surface area contributed by atoms with Gasteiger partial charge in [-0.25, -0.2) is 8.78 Å². The van der Waals surface area contributed by atoms with Gasteiger partial charge in [0, 0.05) is 42.8 Å². The van der Waals surface area contributed by atoms with Crippen molar-refractivity contribution in [3.05, 3.63) is 47.7 Å². The molecule has 0 amide bonds. The molecule has 9 nitrogen and oxygen atoms in total. The summed E-state index contributed by atoms with van der Waals surface area (Å²) in [5, 5.41) is 13.4. The van der Waals surface area contributed by atoms with E-state index in [9.17, 15) is 18.4 Å². The molecule has 0 aliphatic carbocycles. The van der Waals surface area contributed by atoms with Crippen molar-refractivity contribution in [1.29, 1.82) is 5.26 Å². The zero-order valence-corrected chi connectivity index (χ0v) is 24.4. The quantitative estimate of drug-likeness (QED) is 0.279. The highest BCUT2D eigenvalue weighted by Gasteiger charge is 2.45. The second kappa shape index (κ2) is 11.1. The number of thiophene rings is 1. The summed E-state index contributed by atoms with van der Waals surface area (Å²) in [6.45, 7) is 3.32. The number of piperazine rings is 1. The molecule has 1 atom stereocenters. The number of nitrogens with zero attached hydrogens (tertiary/aromatic N) is 6. The Morgan fingerprint density at radius 2 is 2.00 bits per heavy atom. The molecular weight excluding hydrogens is 596 g/mol. The lowest BCUT2D eigenvalue weighted by Gasteiger charge is -2.34. The number of fused-ring (bicyclic) bond motifs is 3. The molecule has 1 unspecified atom stereocenters. The van der Waals surface area contributed by atoms with Gasteiger partial charge in [0.25, 0.3) is 6.08 Å². The zero-order valence-electron chi connectivity index (χ0n) is 23.5. The third-order valence-corrected chi connectivity index (χ3v) is 9.97. The molecule has 228 valence electrons. The van der Waals surface area contributed by atoms with Gasteiger partial charge in [0.15, 0.2) is 5.82 Å². The molecule has 7 rings (SSSR count). The van der Waals surface area contributed by atoms with Gasteiger partial charge in [-0.05, 0) is 57.0 Å². The Morgan fingerprint density at radius 3 is 2.75 bits per heavy atom. The number of nitriles is 1. The molecule has 3 aromatic heterocycles. The molecule has 0 saturated carbocycles. The number of anilines is 2. The fraction of sp³-hybridized carbons (Fsp3) is 0.400. The predicted molar refractivity (Wildman–Crippen MR) is 160 cm³/mol. The van der Waals surface area contributed by atoms with E-state index >= 15 is 4.39 Å². The molecule has 3 aliphatic heterocycles. The molecule has 0 bridgehead atoms. The summed E-state index contributed by atoms with van der Waals surface area (Å²) < 4.78 is 63.9. The van der Waals surface area contributed by atoms with Crippen molar-refractivity contribution in [2.45, 2.75) is 37.3 Å². The van der Waals surface area contributed by atoms with Gasteiger partial charge in [0.2, 0.25) is 0 Å². The maximum atomic E-state index is 16.6. The second-order valence-electron chi connectivity index (χ2n) is 11.4. The van der Waals surface area contributed by atoms with Crippen molar-refractivity contribution in [3.63, 3.8) is 0 Å². The van der Waals surface area contributed by atoms with E-state index < -0.39 is 23.8 Å². The van der Waals surface area contributed by atoms with Gasteiger partial charge in [0.05, 0.1) is 21.2 Å². The summed E-state index contributed by atoms with van der Waals surface area (Å²) in [7, 11) is 0. The van der Waals surface area contributed by atoms with Crippen LogP contribution in [0.3, 0.4) is 0 Å². The van der Waals surface area contributed by atoms with Crippen LogP contribution < -0.4 is 20.7 Å². The number of halogens is 4. The average molecular weight is 625 g/mol. The van der Waals surface area contributed by atoms with E-state index in [1.807, 2.05) is 6.07 Å². The Hall–Kier alpha value is -4.06. The Labute approximate surface area is 253 Å². The lowest BCUT2D eigenvalue weighted by Crippen LogP contribution is -2.50. The third kappa shape index (κ3) is 4.79. The zero-order chi connectivity index (χ0) is 30.6. The number of ether oxygens (including phenoxy) is 1. The van der Waals surface area contributed by atoms with Crippen LogP contribution in [-0.2, 0) is 0 Å². The van der Waals surface area contributed by atoms with Crippen LogP contribution in [0.15, 0.2) is 30.5 Å². The smallest absolute Gasteiger partial charge is 0.319 e. The van der Waals surface area contributed by atoms with Crippen LogP contribution in [0.1, 0.15) is 31.2 Å². The summed E-state index contributed by atoms with van der Waals surface area (Å²) in [5.74, 6) is -1.07. The largest absolute Gasteiger partial charge is 0.461 e. The Morgan fingerprint density at radius 1 is 1.20 bits per heavy atom. The number of hydrogen-bond donors (Lipinski definition) is 2. The van der Waals surface area contributed by atoms with Gasteiger partial charge >= 0.3 is 6.01 Å². The second-order valence-corrected chi connectivity index (χ2v) is 12.5. The molecule has 3 aliphatic rings. The van der Waals surface area contributed by atoms with Crippen molar-refractivity contribution in [2.24, 2.45) is 0 Å². The summed E-state index contributed by atoms with van der Waals surface area (Å²) >= 11 is 0.912. The SMILES string of the molecule is N#Cc1c(N)sc2c(F)ccc(-c3ncc4c(N5CCNC(C=C(F)F)C5)nc(OCC56CCCN5CCC6)nc4c3F)c12. The van der Waals surface area contributed by atoms with E-state index in [-0.39, 0.29) is 60.9 Å². The minimum absolute atomic E-state index is 0.0271. The minimum atomic E-state index is -1.80. The minimum Gasteiger partial charge on any atom is -0.461 e. The maximum absolute atomic E-state index is 16.6. The molecule has 3 saturated heterocycles. The number of nitrogen functional groups attached to an aromatic ring is 1. The number of benzene rings is 1. The number of nitrogens with two attached hydrogens (primary N) is 1. The Kier molecular flexibility index (Phi) is 7.26. The van der Waals surface area contributed by atoms with Crippen LogP contribution in [0, 0.1) is 23.0 Å². The lowest BCUT2D eigenvalue weighted by molar-refractivity contribution is 0.108. The van der Waals surface area contributed by atoms with E-state index in [1.165, 1.54) is 18.3 Å². The van der Waals surface area contributed by atoms with Crippen LogP contribution in [0.25, 0.3) is 32.2 Å². The fourth-order valence-corrected chi connectivity index (χ4v) is 7.86. The summed E-state index contributed by atoms with van der Waals surface area (Å²) in [5.41, 5.74) is 5.92. The summed E-state index contributed by atoms with van der Waals surface area (Å²) in [4.78, 5) is 17.8. The summed E-state index contributed by atoms with van der Waals surface area (Å²) in [6, 6.07) is 3.88. The van der Waals surface area contributed by atoms with Crippen LogP contribution in [0.4, 0.5) is 28.4 Å². The van der Waals surface area contributed by atoms with Crippen molar-refractivity contribution < 1.29 is 22.3 Å². The van der Waals surface area contributed by atoms with E-state index in [2.05, 4.69) is 25.2 Å². The standard InChI is InChI=1S/C30H28F4N8OS/c31-20-4-3-17(22-18(12-35)27(36)44-26(20)22)24-23(34)25-19(13-38-24)28(41-10-7-37-16(14-41)11-21(32)33)40-29(39-25)43-15-30-5-1-8-42(30)9-2-6-30/h3-4,11,13,16,37H,1-2,5-10,14-15,36H2. The molecule has 1 aromatic carbocycles. The third-order valence-electron chi connectivity index (χ3n) is 8.94. The molecule has 14 heteroatoms. The monoisotopic (exact) mass is 624 g/mol. The highest BCUT2D eigenvalue weighted by molar-refractivity contribution is 7.23. The van der Waals surface area contributed by atoms with E-state index in [0.29, 0.717) is 25.5 Å². The van der Waals surface area contributed by atoms with Gasteiger partial charge in [-0.15, -0.1) is 11.3 Å². The van der Waals surface area contributed by atoms with E-state index in [0.717, 1.165) is 56.2 Å². The molecule has 44 heavy (non-hydrogen) atoms. The van der Waals surface area contributed by atoms with Crippen molar-refractivity contribution >= 4 is 43.1 Å². The first-order valence-electron chi connectivity index (χ1n) is 14.4. The first-order valence-corrected chi connectivity index (χ1v) is 15.3. The van der Waals surface area contributed by atoms with Crippen LogP contribution in [0.5, 0.6) is 6.01 Å². The molecule has 6 heterocycles. The fourth-order valence-electron chi connectivity index (χ4n) is 6.91. The Bertz CT molecular complexity index is 1840. The number of hydrogen-bond acceptors (Lipinski definition) is 10. The average Bonchev–Trinajstić information content (AvgIpc) is 3.69. The molecule has 0 radical (unpaired) electrons. The van der Waals surface area contributed by atoms with Crippen LogP contribution in [-0.4, -0.2) is 70.8 Å². The number of rotatable bonds is 6. The van der Waals surface area contributed by atoms with Gasteiger partial charge in [-0.1, -0.05) is 0 Å². The lowest BCUT2D eigenvalue weighted by atomic mass is 9.95. The van der Waals surface area contributed by atoms with E-state index in [4.69, 9.17) is 10.5 Å². The number of aromatic nitrogens is 3. The number of nitrogens with one attached hydrogen (secondary N) is 1. The van der Waals surface area contributed by atoms with Gasteiger partial charge in [-0.2, -0.15) is 24.0 Å². The molecular formula is C30H28F4N8OS. The summed E-state index contributed by atoms with van der Waals surface area (Å²) in [6.07, 6.45) is 4.58. The van der Waals surface area contributed by atoms with Gasteiger partial charge < -0.3 is 20.7 Å². The first-order chi connectivity index (χ1) is 21.3. The molecule has 4 aromatic rings. The van der Waals surface area contributed by atoms with Gasteiger partial charge in [0.1, 0.15) is 40.5 Å². The first kappa shape index (κ1) is 28.7. The van der Waals surface area contributed by atoms with Crippen molar-refractivity contribution in [3.8, 4) is 23.3 Å². The molecule has 3 N–H and O–H groups in total. The van der Waals surface area contributed by atoms with Gasteiger partial charge in [-0.3, -0.25) is 9.88 Å². The maximum Gasteiger partial charge on any atom is 0.319 e. The highest BCUT2D eigenvalue weighted by Crippen LogP contribution is 2.43. The van der Waals surface area contributed by atoms with E-state index in [1.54, 1.807) is 4.90 Å². The molecule has 0 spiro atoms. The van der Waals surface area contributed by atoms with Crippen LogP contribution >= 0.6 is 11.3 Å². The highest BCUT2D eigenvalue weighted by atomic mass is 32.1.